The predicted molar refractivity (Wildman–Crippen MR) is 59.1 cm³/mol. The third-order valence-electron chi connectivity index (χ3n) is 2.81. The van der Waals surface area contributed by atoms with Crippen LogP contribution in [0.25, 0.3) is 0 Å². The molecule has 0 fully saturated rings. The summed E-state index contributed by atoms with van der Waals surface area (Å²) in [5.41, 5.74) is 6.98. The zero-order valence-corrected chi connectivity index (χ0v) is 8.69. The highest BCUT2D eigenvalue weighted by atomic mass is 16.3. The van der Waals surface area contributed by atoms with E-state index in [1.807, 2.05) is 18.2 Å². The Balaban J connectivity index is 2.81. The molecule has 2 heteroatoms. The van der Waals surface area contributed by atoms with Gasteiger partial charge < -0.3 is 10.8 Å². The number of benzene rings is 1. The average Bonchev–Trinajstić information content (AvgIpc) is 2.27. The lowest BCUT2D eigenvalue weighted by Gasteiger charge is -2.23. The maximum Gasteiger partial charge on any atom is 0.0465 e. The van der Waals surface area contributed by atoms with E-state index in [9.17, 15) is 5.11 Å². The lowest BCUT2D eigenvalue weighted by Crippen LogP contribution is -2.23. The molecule has 2 atom stereocenters. The Morgan fingerprint density at radius 3 is 2.36 bits per heavy atom. The van der Waals surface area contributed by atoms with Crippen LogP contribution in [-0.4, -0.2) is 18.3 Å². The van der Waals surface area contributed by atoms with Crippen molar-refractivity contribution in [1.82, 2.24) is 0 Å². The third kappa shape index (κ3) is 2.56. The van der Waals surface area contributed by atoms with Crippen LogP contribution < -0.4 is 5.73 Å². The highest BCUT2D eigenvalue weighted by Gasteiger charge is 2.19. The van der Waals surface area contributed by atoms with Crippen LogP contribution in [0.3, 0.4) is 0 Å². The average molecular weight is 193 g/mol. The largest absolute Gasteiger partial charge is 0.396 e. The van der Waals surface area contributed by atoms with Gasteiger partial charge >= 0.3 is 0 Å². The zero-order chi connectivity index (χ0) is 10.4. The van der Waals surface area contributed by atoms with Crippen molar-refractivity contribution >= 4 is 0 Å². The fraction of sp³-hybridized carbons (Fsp3) is 0.500. The Labute approximate surface area is 85.8 Å². The Morgan fingerprint density at radius 2 is 1.93 bits per heavy atom. The molecule has 0 bridgehead atoms. The topological polar surface area (TPSA) is 46.2 Å². The van der Waals surface area contributed by atoms with E-state index >= 15 is 0 Å². The fourth-order valence-corrected chi connectivity index (χ4v) is 1.84. The van der Waals surface area contributed by atoms with Gasteiger partial charge in [-0.25, -0.2) is 0 Å². The van der Waals surface area contributed by atoms with Crippen molar-refractivity contribution in [3.05, 3.63) is 35.9 Å². The molecule has 0 spiro atoms. The lowest BCUT2D eigenvalue weighted by molar-refractivity contribution is 0.201. The number of hydrogen-bond donors (Lipinski definition) is 2. The molecule has 1 rings (SSSR count). The minimum Gasteiger partial charge on any atom is -0.396 e. The Kier molecular flexibility index (Phi) is 4.63. The van der Waals surface area contributed by atoms with Gasteiger partial charge in [-0.05, 0) is 18.0 Å². The van der Waals surface area contributed by atoms with Crippen LogP contribution in [0.1, 0.15) is 24.8 Å². The Hall–Kier alpha value is -0.860. The molecule has 1 aromatic carbocycles. The molecule has 0 radical (unpaired) electrons. The summed E-state index contributed by atoms with van der Waals surface area (Å²) < 4.78 is 0. The van der Waals surface area contributed by atoms with Crippen molar-refractivity contribution in [1.29, 1.82) is 0 Å². The minimum atomic E-state index is 0.216. The molecular weight excluding hydrogens is 174 g/mol. The molecule has 0 aromatic heterocycles. The molecule has 1 aromatic rings. The summed E-state index contributed by atoms with van der Waals surface area (Å²) in [6.07, 6.45) is 0.966. The van der Waals surface area contributed by atoms with E-state index < -0.39 is 0 Å². The summed E-state index contributed by atoms with van der Waals surface area (Å²) in [6, 6.07) is 10.2. The molecule has 0 saturated carbocycles. The van der Waals surface area contributed by atoms with E-state index in [1.54, 1.807) is 0 Å². The van der Waals surface area contributed by atoms with Crippen molar-refractivity contribution in [2.24, 2.45) is 11.7 Å². The van der Waals surface area contributed by atoms with Crippen LogP contribution in [0.4, 0.5) is 0 Å². The highest BCUT2D eigenvalue weighted by molar-refractivity contribution is 5.20. The maximum absolute atomic E-state index is 9.23. The van der Waals surface area contributed by atoms with Gasteiger partial charge in [-0.3, -0.25) is 0 Å². The van der Waals surface area contributed by atoms with E-state index in [-0.39, 0.29) is 18.4 Å². The standard InChI is InChI=1S/C12H19NO/c1-2-10(9-14)12(8-13)11-6-4-3-5-7-11/h3-7,10,12,14H,2,8-9,13H2,1H3/t10-,12-/m0/s1. The van der Waals surface area contributed by atoms with Gasteiger partial charge in [-0.15, -0.1) is 0 Å². The molecule has 2 nitrogen and oxygen atoms in total. The molecule has 3 N–H and O–H groups in total. The van der Waals surface area contributed by atoms with Crippen molar-refractivity contribution in [3.8, 4) is 0 Å². The normalized spacial score (nSPS) is 15.1. The van der Waals surface area contributed by atoms with Gasteiger partial charge in [0.15, 0.2) is 0 Å². The van der Waals surface area contributed by atoms with Gasteiger partial charge in [0.25, 0.3) is 0 Å². The van der Waals surface area contributed by atoms with E-state index in [0.29, 0.717) is 6.54 Å². The fourth-order valence-electron chi connectivity index (χ4n) is 1.84. The van der Waals surface area contributed by atoms with Gasteiger partial charge in [-0.2, -0.15) is 0 Å². The lowest BCUT2D eigenvalue weighted by atomic mass is 9.85. The van der Waals surface area contributed by atoms with E-state index in [1.165, 1.54) is 5.56 Å². The van der Waals surface area contributed by atoms with Crippen molar-refractivity contribution in [2.75, 3.05) is 13.2 Å². The summed E-state index contributed by atoms with van der Waals surface area (Å²) in [6.45, 7) is 2.91. The molecule has 78 valence electrons. The first-order chi connectivity index (χ1) is 6.83. The van der Waals surface area contributed by atoms with E-state index in [2.05, 4.69) is 19.1 Å². The summed E-state index contributed by atoms with van der Waals surface area (Å²) >= 11 is 0. The van der Waals surface area contributed by atoms with Crippen LogP contribution >= 0.6 is 0 Å². The maximum atomic E-state index is 9.23. The smallest absolute Gasteiger partial charge is 0.0465 e. The molecule has 0 aliphatic carbocycles. The van der Waals surface area contributed by atoms with Gasteiger partial charge in [-0.1, -0.05) is 43.7 Å². The van der Waals surface area contributed by atoms with E-state index in [0.717, 1.165) is 6.42 Å². The SMILES string of the molecule is CC[C@@H](CO)[C@H](CN)c1ccccc1. The second-order valence-corrected chi connectivity index (χ2v) is 3.60. The first kappa shape index (κ1) is 11.2. The van der Waals surface area contributed by atoms with Crippen LogP contribution in [0.15, 0.2) is 30.3 Å². The molecule has 14 heavy (non-hydrogen) atoms. The number of aliphatic hydroxyl groups excluding tert-OH is 1. The Bertz CT molecular complexity index is 244. The molecular formula is C12H19NO. The molecule has 0 aliphatic heterocycles. The molecule has 0 heterocycles. The molecule has 0 amide bonds. The number of hydrogen-bond acceptors (Lipinski definition) is 2. The second kappa shape index (κ2) is 5.78. The molecule has 0 aliphatic rings. The number of nitrogens with two attached hydrogens (primary N) is 1. The van der Waals surface area contributed by atoms with Gasteiger partial charge in [0, 0.05) is 12.5 Å². The number of rotatable bonds is 5. The summed E-state index contributed by atoms with van der Waals surface area (Å²) in [5, 5.41) is 9.23. The molecule has 0 unspecified atom stereocenters. The third-order valence-corrected chi connectivity index (χ3v) is 2.81. The Morgan fingerprint density at radius 1 is 1.29 bits per heavy atom. The number of aliphatic hydroxyl groups is 1. The summed E-state index contributed by atoms with van der Waals surface area (Å²) in [7, 11) is 0. The minimum absolute atomic E-state index is 0.216. The highest BCUT2D eigenvalue weighted by Crippen LogP contribution is 2.25. The summed E-state index contributed by atoms with van der Waals surface area (Å²) in [4.78, 5) is 0. The monoisotopic (exact) mass is 193 g/mol. The quantitative estimate of drug-likeness (QED) is 0.748. The van der Waals surface area contributed by atoms with Crippen LogP contribution in [0, 0.1) is 5.92 Å². The van der Waals surface area contributed by atoms with Crippen LogP contribution in [-0.2, 0) is 0 Å². The zero-order valence-electron chi connectivity index (χ0n) is 8.69. The summed E-state index contributed by atoms with van der Waals surface area (Å²) in [5.74, 6) is 0.564. The van der Waals surface area contributed by atoms with Crippen molar-refractivity contribution in [2.45, 2.75) is 19.3 Å². The van der Waals surface area contributed by atoms with Crippen LogP contribution in [0.5, 0.6) is 0 Å². The van der Waals surface area contributed by atoms with Gasteiger partial charge in [0.2, 0.25) is 0 Å². The first-order valence-electron chi connectivity index (χ1n) is 5.19. The van der Waals surface area contributed by atoms with E-state index in [4.69, 9.17) is 5.73 Å². The van der Waals surface area contributed by atoms with Gasteiger partial charge in [0.05, 0.1) is 0 Å². The van der Waals surface area contributed by atoms with Crippen LogP contribution in [0.2, 0.25) is 0 Å². The van der Waals surface area contributed by atoms with Crippen molar-refractivity contribution < 1.29 is 5.11 Å². The first-order valence-corrected chi connectivity index (χ1v) is 5.19. The predicted octanol–water partition coefficient (Wildman–Crippen LogP) is 1.75. The molecule has 0 saturated heterocycles. The van der Waals surface area contributed by atoms with Crippen molar-refractivity contribution in [3.63, 3.8) is 0 Å². The second-order valence-electron chi connectivity index (χ2n) is 3.60. The van der Waals surface area contributed by atoms with Gasteiger partial charge in [0.1, 0.15) is 0 Å².